The smallest absolute Gasteiger partial charge is 0.303 e. The molecule has 2 aromatic carbocycles. The third-order valence-electron chi connectivity index (χ3n) is 7.85. The number of hydrogen-bond acceptors (Lipinski definition) is 10. The van der Waals surface area contributed by atoms with Crippen molar-refractivity contribution in [3.63, 3.8) is 0 Å². The van der Waals surface area contributed by atoms with E-state index in [0.717, 1.165) is 0 Å². The van der Waals surface area contributed by atoms with Crippen LogP contribution in [0.4, 0.5) is 0 Å². The number of unbranched alkanes of at least 4 members (excludes halogenated alkanes) is 2. The zero-order chi connectivity index (χ0) is 34.2. The van der Waals surface area contributed by atoms with Crippen LogP contribution in [0.3, 0.4) is 0 Å². The number of carbonyl (C=O) groups excluding carboxylic acids is 2. The van der Waals surface area contributed by atoms with Gasteiger partial charge in [0.05, 0.1) is 27.7 Å². The summed E-state index contributed by atoms with van der Waals surface area (Å²) >= 11 is 13.2. The van der Waals surface area contributed by atoms with E-state index in [0.29, 0.717) is 48.2 Å². The van der Waals surface area contributed by atoms with Crippen LogP contribution in [0.15, 0.2) is 30.3 Å². The molecule has 2 heterocycles. The van der Waals surface area contributed by atoms with Gasteiger partial charge in [-0.15, -0.1) is 0 Å². The second-order valence-electron chi connectivity index (χ2n) is 11.1. The number of nitrogens with zero attached hydrogens (tertiary/aromatic N) is 2. The van der Waals surface area contributed by atoms with Gasteiger partial charge in [0.25, 0.3) is 5.91 Å². The fraction of sp³-hybridized carbons (Fsp3) is 0.484. The van der Waals surface area contributed by atoms with Gasteiger partial charge in [0.2, 0.25) is 5.91 Å². The number of ether oxygens (including phenoxy) is 3. The lowest BCUT2D eigenvalue weighted by Gasteiger charge is -2.41. The number of para-hydroxylation sites is 2. The Labute approximate surface area is 280 Å². The van der Waals surface area contributed by atoms with E-state index >= 15 is 0 Å². The second-order valence-corrected chi connectivity index (χ2v) is 11.8. The Hall–Kier alpha value is -3.50. The lowest BCUT2D eigenvalue weighted by Crippen LogP contribution is -2.64. The molecule has 16 heteroatoms. The van der Waals surface area contributed by atoms with Crippen molar-refractivity contribution in [2.24, 2.45) is 0 Å². The molecular weight excluding hydrogens is 659 g/mol. The number of aliphatic hydroxyl groups excluding tert-OH is 3. The number of aliphatic hydroxyl groups is 3. The minimum Gasteiger partial charge on any atom is -0.483 e. The van der Waals surface area contributed by atoms with Crippen molar-refractivity contribution in [3.8, 4) is 5.75 Å². The Kier molecular flexibility index (Phi) is 12.8. The van der Waals surface area contributed by atoms with E-state index in [2.05, 4.69) is 15.6 Å². The summed E-state index contributed by atoms with van der Waals surface area (Å²) in [5.74, 6) is -1.27. The number of aliphatic carboxylic acids is 1. The summed E-state index contributed by atoms with van der Waals surface area (Å²) in [6.07, 6.45) is -3.28. The highest BCUT2D eigenvalue weighted by Gasteiger charge is 2.45. The summed E-state index contributed by atoms with van der Waals surface area (Å²) in [4.78, 5) is 41.4. The lowest BCUT2D eigenvalue weighted by molar-refractivity contribution is -0.261. The lowest BCUT2D eigenvalue weighted by atomic mass is 9.96. The van der Waals surface area contributed by atoms with Crippen LogP contribution in [-0.4, -0.2) is 98.7 Å². The normalized spacial score (nSPS) is 21.0. The molecule has 0 aliphatic carbocycles. The van der Waals surface area contributed by atoms with Crippen LogP contribution in [0.25, 0.3) is 11.0 Å². The maximum atomic E-state index is 13.3. The van der Waals surface area contributed by atoms with Crippen molar-refractivity contribution < 1.29 is 49.0 Å². The van der Waals surface area contributed by atoms with Gasteiger partial charge in [0.15, 0.2) is 12.0 Å². The molecule has 1 saturated heterocycles. The quantitative estimate of drug-likeness (QED) is 0.127. The zero-order valence-electron chi connectivity index (χ0n) is 25.8. The van der Waals surface area contributed by atoms with E-state index in [9.17, 15) is 29.7 Å². The molecule has 2 amide bonds. The molecule has 1 fully saturated rings. The number of aromatic nitrogens is 2. The molecule has 6 N–H and O–H groups in total. The number of rotatable bonds is 15. The molecule has 47 heavy (non-hydrogen) atoms. The van der Waals surface area contributed by atoms with Gasteiger partial charge in [0.1, 0.15) is 43.3 Å². The van der Waals surface area contributed by atoms with E-state index in [1.165, 1.54) is 13.2 Å². The largest absolute Gasteiger partial charge is 0.483 e. The molecule has 0 saturated carbocycles. The van der Waals surface area contributed by atoms with Crippen molar-refractivity contribution >= 4 is 52.0 Å². The molecule has 256 valence electrons. The minimum atomic E-state index is -1.51. The van der Waals surface area contributed by atoms with Crippen LogP contribution < -0.4 is 15.4 Å². The highest BCUT2D eigenvalue weighted by Crippen LogP contribution is 2.38. The number of hydrogen-bond donors (Lipinski definition) is 6. The summed E-state index contributed by atoms with van der Waals surface area (Å²) in [7, 11) is 1.29. The molecule has 1 aromatic heterocycles. The zero-order valence-corrected chi connectivity index (χ0v) is 27.3. The standard InChI is InChI=1S/C31H38Cl2N4O10/c1-16-17(30(44)36-26-28(43)27(42)21(14-38)47-31(26)45-2)12-18(32)29(25(16)33)46-15-22-35-19-8-5-6-9-20(19)37(22)13-23(39)34-11-7-3-4-10-24(40)41/h5-6,8-9,12,21,26-28,31,38,42-43H,3-4,7,10-11,13-15H2,1-2H3,(H,34,39)(H,36,44)(H,40,41)/t21-,26-,27-,28-,31+/m1/s1. The molecule has 5 atom stereocenters. The topological polar surface area (TPSA) is 202 Å². The monoisotopic (exact) mass is 696 g/mol. The predicted octanol–water partition coefficient (Wildman–Crippen LogP) is 2.18. The minimum absolute atomic E-state index is 0.0122. The summed E-state index contributed by atoms with van der Waals surface area (Å²) in [5.41, 5.74) is 1.74. The summed E-state index contributed by atoms with van der Waals surface area (Å²) in [6, 6.07) is 7.45. The molecular formula is C31H38Cl2N4O10. The third-order valence-corrected chi connectivity index (χ3v) is 8.58. The van der Waals surface area contributed by atoms with Crippen LogP contribution >= 0.6 is 23.2 Å². The van der Waals surface area contributed by atoms with Crippen LogP contribution in [-0.2, 0) is 32.2 Å². The Morgan fingerprint density at radius 2 is 1.85 bits per heavy atom. The average Bonchev–Trinajstić information content (AvgIpc) is 3.39. The summed E-state index contributed by atoms with van der Waals surface area (Å²) in [5, 5.41) is 44.6. The van der Waals surface area contributed by atoms with Gasteiger partial charge < -0.3 is 49.8 Å². The number of fused-ring (bicyclic) bond motifs is 1. The van der Waals surface area contributed by atoms with E-state index in [4.69, 9.17) is 42.5 Å². The maximum absolute atomic E-state index is 13.3. The Morgan fingerprint density at radius 1 is 1.11 bits per heavy atom. The van der Waals surface area contributed by atoms with Crippen molar-refractivity contribution in [2.75, 3.05) is 20.3 Å². The van der Waals surface area contributed by atoms with Crippen molar-refractivity contribution in [3.05, 3.63) is 57.3 Å². The Morgan fingerprint density at radius 3 is 2.55 bits per heavy atom. The molecule has 0 radical (unpaired) electrons. The van der Waals surface area contributed by atoms with Gasteiger partial charge in [-0.05, 0) is 43.5 Å². The molecule has 3 aromatic rings. The van der Waals surface area contributed by atoms with E-state index in [1.807, 2.05) is 18.2 Å². The number of carboxylic acids is 1. The van der Waals surface area contributed by atoms with Crippen molar-refractivity contribution in [1.82, 2.24) is 20.2 Å². The molecule has 1 aliphatic heterocycles. The number of methoxy groups -OCH3 is 1. The van der Waals surface area contributed by atoms with Crippen molar-refractivity contribution in [1.29, 1.82) is 0 Å². The van der Waals surface area contributed by atoms with Crippen molar-refractivity contribution in [2.45, 2.75) is 76.4 Å². The maximum Gasteiger partial charge on any atom is 0.303 e. The number of imidazole rings is 1. The molecule has 4 rings (SSSR count). The number of carbonyl (C=O) groups is 3. The SMILES string of the molecule is CO[C@H]1O[C@H](CO)[C@@H](O)[C@H](O)[C@H]1NC(=O)c1cc(Cl)c(OCc2nc3ccccc3n2CC(=O)NCCCCCC(=O)O)c(Cl)c1C. The first kappa shape index (κ1) is 36.3. The highest BCUT2D eigenvalue weighted by molar-refractivity contribution is 6.38. The van der Waals surface area contributed by atoms with E-state index in [1.54, 1.807) is 17.6 Å². The second kappa shape index (κ2) is 16.6. The number of halogens is 2. The van der Waals surface area contributed by atoms with Crippen LogP contribution in [0, 0.1) is 6.92 Å². The summed E-state index contributed by atoms with van der Waals surface area (Å²) in [6.45, 7) is 1.27. The van der Waals surface area contributed by atoms with Gasteiger partial charge in [0, 0.05) is 25.6 Å². The first-order valence-corrected chi connectivity index (χ1v) is 15.7. The first-order chi connectivity index (χ1) is 22.5. The van der Waals surface area contributed by atoms with E-state index in [-0.39, 0.29) is 46.8 Å². The first-order valence-electron chi connectivity index (χ1n) is 15.0. The molecule has 0 bridgehead atoms. The Bertz CT molecular complexity index is 1580. The number of amides is 2. The van der Waals surface area contributed by atoms with Gasteiger partial charge in [-0.1, -0.05) is 41.8 Å². The van der Waals surface area contributed by atoms with Crippen LogP contribution in [0.2, 0.25) is 10.0 Å². The van der Waals surface area contributed by atoms with Gasteiger partial charge in [-0.3, -0.25) is 14.4 Å². The fourth-order valence-electron chi connectivity index (χ4n) is 5.28. The molecule has 0 spiro atoms. The van der Waals surface area contributed by atoms with Gasteiger partial charge in [-0.25, -0.2) is 4.98 Å². The van der Waals surface area contributed by atoms with Gasteiger partial charge >= 0.3 is 5.97 Å². The predicted molar refractivity (Wildman–Crippen MR) is 170 cm³/mol. The average molecular weight is 698 g/mol. The number of nitrogens with one attached hydrogen (secondary N) is 2. The van der Waals surface area contributed by atoms with Crippen LogP contribution in [0.1, 0.15) is 47.4 Å². The fourth-order valence-corrected chi connectivity index (χ4v) is 5.85. The number of benzene rings is 2. The van der Waals surface area contributed by atoms with Crippen LogP contribution in [0.5, 0.6) is 5.75 Å². The molecule has 1 aliphatic rings. The van der Waals surface area contributed by atoms with Gasteiger partial charge in [-0.2, -0.15) is 0 Å². The molecule has 14 nitrogen and oxygen atoms in total. The molecule has 0 unspecified atom stereocenters. The Balaban J connectivity index is 1.46. The number of carboxylic acid groups (broad SMARTS) is 1. The third kappa shape index (κ3) is 8.70. The summed E-state index contributed by atoms with van der Waals surface area (Å²) < 4.78 is 18.4. The highest BCUT2D eigenvalue weighted by atomic mass is 35.5. The van der Waals surface area contributed by atoms with E-state index < -0.39 is 49.1 Å².